The Morgan fingerprint density at radius 3 is 2.28 bits per heavy atom. The van der Waals surface area contributed by atoms with E-state index in [4.69, 9.17) is 4.74 Å². The predicted molar refractivity (Wildman–Crippen MR) is 190 cm³/mol. The molecule has 1 atom stereocenters. The van der Waals surface area contributed by atoms with E-state index in [1.165, 1.54) is 122 Å². The number of carbonyl (C=O) groups is 1. The fourth-order valence-corrected chi connectivity index (χ4v) is 11.0. The van der Waals surface area contributed by atoms with Gasteiger partial charge < -0.3 is 4.74 Å². The third-order valence-corrected chi connectivity index (χ3v) is 12.5. The van der Waals surface area contributed by atoms with Crippen LogP contribution in [-0.4, -0.2) is 13.1 Å². The van der Waals surface area contributed by atoms with Crippen molar-refractivity contribution in [3.8, 4) is 0 Å². The van der Waals surface area contributed by atoms with Crippen LogP contribution in [0.4, 0.5) is 0 Å². The first kappa shape index (κ1) is 24.3. The Kier molecular flexibility index (Phi) is 4.16. The molecule has 0 saturated heterocycles. The van der Waals surface area contributed by atoms with Crippen molar-refractivity contribution in [1.29, 1.82) is 0 Å². The fraction of sp³-hybridized carbons (Fsp3) is 0.205. The van der Waals surface area contributed by atoms with E-state index in [1.807, 2.05) is 0 Å². The molecule has 2 heteroatoms. The summed E-state index contributed by atoms with van der Waals surface area (Å²) in [6.07, 6.45) is 13.3. The van der Waals surface area contributed by atoms with Gasteiger partial charge in [0.1, 0.15) is 0 Å². The van der Waals surface area contributed by atoms with Gasteiger partial charge in [0.05, 0.1) is 7.11 Å². The summed E-state index contributed by atoms with van der Waals surface area (Å²) in [6.45, 7) is 0. The maximum Gasteiger partial charge on any atom is 0.305 e. The average Bonchev–Trinajstić information content (AvgIpc) is 3.74. The van der Waals surface area contributed by atoms with Gasteiger partial charge in [0.25, 0.3) is 0 Å². The Morgan fingerprint density at radius 1 is 0.761 bits per heavy atom. The van der Waals surface area contributed by atoms with Gasteiger partial charge in [-0.1, -0.05) is 78.9 Å². The van der Waals surface area contributed by atoms with E-state index < -0.39 is 0 Å². The first-order chi connectivity index (χ1) is 22.7. The topological polar surface area (TPSA) is 26.3 Å². The van der Waals surface area contributed by atoms with E-state index in [0.717, 1.165) is 38.5 Å². The number of hydrogen-bond acceptors (Lipinski definition) is 2. The van der Waals surface area contributed by atoms with Gasteiger partial charge in [-0.15, -0.1) is 0 Å². The third-order valence-electron chi connectivity index (χ3n) is 12.5. The molecular formula is C44H30O2. The summed E-state index contributed by atoms with van der Waals surface area (Å²) in [4.78, 5) is 12.6. The number of carbonyl (C=O) groups excluding carboxylic acids is 1. The Balaban J connectivity index is 1.40. The van der Waals surface area contributed by atoms with E-state index in [2.05, 4.69) is 78.9 Å². The van der Waals surface area contributed by atoms with Gasteiger partial charge in [0, 0.05) is 11.8 Å². The zero-order valence-electron chi connectivity index (χ0n) is 25.8. The summed E-state index contributed by atoms with van der Waals surface area (Å²) in [5.74, 6) is -0.119. The predicted octanol–water partition coefficient (Wildman–Crippen LogP) is 10.4. The quantitative estimate of drug-likeness (QED) is 0.147. The zero-order chi connectivity index (χ0) is 30.1. The normalized spacial score (nSPS) is 19.1. The van der Waals surface area contributed by atoms with Crippen LogP contribution in [0.3, 0.4) is 0 Å². The van der Waals surface area contributed by atoms with Crippen LogP contribution in [0.25, 0.3) is 76.3 Å². The molecule has 0 radical (unpaired) electrons. The lowest BCUT2D eigenvalue weighted by Gasteiger charge is -2.42. The van der Waals surface area contributed by atoms with Gasteiger partial charge in [-0.05, 0) is 153 Å². The monoisotopic (exact) mass is 590 g/mol. The molecular weight excluding hydrogens is 560 g/mol. The summed E-state index contributed by atoms with van der Waals surface area (Å²) in [7, 11) is 1.51. The molecule has 5 aliphatic rings. The van der Waals surface area contributed by atoms with E-state index in [-0.39, 0.29) is 11.4 Å². The van der Waals surface area contributed by atoms with Crippen molar-refractivity contribution in [3.63, 3.8) is 0 Å². The number of hydrogen-bond donors (Lipinski definition) is 0. The van der Waals surface area contributed by atoms with Gasteiger partial charge in [-0.2, -0.15) is 0 Å². The lowest BCUT2D eigenvalue weighted by Crippen LogP contribution is -2.35. The molecule has 0 heterocycles. The van der Waals surface area contributed by atoms with Gasteiger partial charge in [0.2, 0.25) is 0 Å². The minimum Gasteiger partial charge on any atom is -0.469 e. The van der Waals surface area contributed by atoms with Crippen LogP contribution in [0.5, 0.6) is 0 Å². The average molecular weight is 591 g/mol. The summed E-state index contributed by atoms with van der Waals surface area (Å²) in [5.41, 5.74) is 13.0. The van der Waals surface area contributed by atoms with E-state index >= 15 is 0 Å². The molecule has 0 spiro atoms. The van der Waals surface area contributed by atoms with Crippen molar-refractivity contribution < 1.29 is 9.53 Å². The van der Waals surface area contributed by atoms with Gasteiger partial charge in [-0.25, -0.2) is 0 Å². The van der Waals surface area contributed by atoms with Gasteiger partial charge in [-0.3, -0.25) is 4.79 Å². The van der Waals surface area contributed by atoms with Crippen LogP contribution in [-0.2, 0) is 34.2 Å². The second kappa shape index (κ2) is 7.88. The standard InChI is InChI=1S/C44H30O2/c1-46-31(45)12-7-15-44(29-10-3-2-4-11-29)21-30-22-8-5-6-9-23-17-27-18-24-13-14-25-19-28-20-26(16-22)34-35(28)39-32(25)33(24)40-36(27)37(23)43(44)42(38(30)34)41(39)40/h2-5,8-11,13-14,16,18-19H,6-7,12,15,17,20-21H2,1H3. The van der Waals surface area contributed by atoms with Crippen LogP contribution in [0.2, 0.25) is 0 Å². The number of methoxy groups -OCH3 is 1. The summed E-state index contributed by atoms with van der Waals surface area (Å²) in [6, 6.07) is 23.6. The van der Waals surface area contributed by atoms with Crippen molar-refractivity contribution >= 4 is 82.3 Å². The zero-order valence-corrected chi connectivity index (χ0v) is 25.8. The van der Waals surface area contributed by atoms with Gasteiger partial charge >= 0.3 is 5.97 Å². The Bertz CT molecular complexity index is 2760. The lowest BCUT2D eigenvalue weighted by atomic mass is 9.60. The van der Waals surface area contributed by atoms with E-state index in [9.17, 15) is 4.79 Å². The fourth-order valence-electron chi connectivity index (χ4n) is 11.0. The summed E-state index contributed by atoms with van der Waals surface area (Å²) in [5, 5.41) is 17.8. The molecule has 6 bridgehead atoms. The van der Waals surface area contributed by atoms with Crippen molar-refractivity contribution in [1.82, 2.24) is 0 Å². The molecule has 0 aromatic heterocycles. The molecule has 13 rings (SSSR count). The van der Waals surface area contributed by atoms with Crippen LogP contribution in [0.15, 0.2) is 72.8 Å². The molecule has 5 aliphatic carbocycles. The molecule has 0 saturated carbocycles. The third kappa shape index (κ3) is 2.54. The highest BCUT2D eigenvalue weighted by Crippen LogP contribution is 2.64. The number of rotatable bonds is 5. The lowest BCUT2D eigenvalue weighted by molar-refractivity contribution is -0.140. The summed E-state index contributed by atoms with van der Waals surface area (Å²) < 4.78 is 5.17. The van der Waals surface area contributed by atoms with Crippen LogP contribution < -0.4 is 0 Å². The molecule has 218 valence electrons. The molecule has 8 aromatic rings. The highest BCUT2D eigenvalue weighted by molar-refractivity contribution is 6.51. The molecule has 2 nitrogen and oxygen atoms in total. The first-order valence-electron chi connectivity index (χ1n) is 16.9. The molecule has 0 amide bonds. The second-order valence-electron chi connectivity index (χ2n) is 14.5. The van der Waals surface area contributed by atoms with Crippen molar-refractivity contribution in [2.45, 2.75) is 50.4 Å². The number of ether oxygens (including phenoxy) is 1. The minimum absolute atomic E-state index is 0.119. The molecule has 0 aliphatic heterocycles. The largest absolute Gasteiger partial charge is 0.469 e. The summed E-state index contributed by atoms with van der Waals surface area (Å²) >= 11 is 0. The number of allylic oxidation sites excluding steroid dienone is 3. The van der Waals surface area contributed by atoms with Crippen LogP contribution in [0.1, 0.15) is 70.2 Å². The number of benzene rings is 7. The van der Waals surface area contributed by atoms with Crippen molar-refractivity contribution in [2.24, 2.45) is 0 Å². The maximum absolute atomic E-state index is 12.6. The second-order valence-corrected chi connectivity index (χ2v) is 14.5. The number of fused-ring (bicyclic) bond motifs is 3. The molecule has 46 heavy (non-hydrogen) atoms. The number of esters is 1. The molecule has 8 aromatic carbocycles. The van der Waals surface area contributed by atoms with E-state index in [1.54, 1.807) is 0 Å². The van der Waals surface area contributed by atoms with Crippen molar-refractivity contribution in [2.75, 3.05) is 7.11 Å². The highest BCUT2D eigenvalue weighted by atomic mass is 16.5. The van der Waals surface area contributed by atoms with Crippen LogP contribution >= 0.6 is 0 Å². The molecule has 1 unspecified atom stereocenters. The SMILES string of the molecule is COC(=O)CCCC1(c2ccccc2)Cc2c3cc4c5c2c2c1c1c6c(cc7ccc8cc(c5c5c8c7c6c25)C4)CC1=CCC=C3. The first-order valence-corrected chi connectivity index (χ1v) is 16.9. The molecule has 0 fully saturated rings. The van der Waals surface area contributed by atoms with Gasteiger partial charge in [0.15, 0.2) is 0 Å². The Hall–Kier alpha value is -4.95. The van der Waals surface area contributed by atoms with E-state index in [0.29, 0.717) is 6.42 Å². The Morgan fingerprint density at radius 2 is 1.48 bits per heavy atom. The molecule has 0 N–H and O–H groups in total. The van der Waals surface area contributed by atoms with Crippen molar-refractivity contribution in [3.05, 3.63) is 117 Å². The Labute approximate surface area is 265 Å². The smallest absolute Gasteiger partial charge is 0.305 e. The minimum atomic E-state index is -0.268. The highest BCUT2D eigenvalue weighted by Gasteiger charge is 2.46. The van der Waals surface area contributed by atoms with Crippen LogP contribution in [0, 0.1) is 0 Å². The maximum atomic E-state index is 12.6.